The van der Waals surface area contributed by atoms with Crippen molar-refractivity contribution in [3.63, 3.8) is 0 Å². The maximum atomic E-state index is 12.0. The molecule has 0 spiro atoms. The van der Waals surface area contributed by atoms with E-state index in [0.29, 0.717) is 25.0 Å². The molecule has 24 heavy (non-hydrogen) atoms. The van der Waals surface area contributed by atoms with Crippen LogP contribution in [0.15, 0.2) is 18.2 Å². The molecule has 0 radical (unpaired) electrons. The molecule has 134 valence electrons. The first-order valence-electron chi connectivity index (χ1n) is 8.16. The fourth-order valence-electron chi connectivity index (χ4n) is 2.43. The van der Waals surface area contributed by atoms with Crippen molar-refractivity contribution < 1.29 is 24.2 Å². The minimum absolute atomic E-state index is 0.104. The molecular formula is C18H27NO5. The topological polar surface area (TPSA) is 84.9 Å². The van der Waals surface area contributed by atoms with Crippen LogP contribution < -0.4 is 14.8 Å². The van der Waals surface area contributed by atoms with Gasteiger partial charge < -0.3 is 19.9 Å². The van der Waals surface area contributed by atoms with Gasteiger partial charge in [-0.2, -0.15) is 0 Å². The van der Waals surface area contributed by atoms with E-state index in [2.05, 4.69) is 5.32 Å². The molecule has 0 aliphatic carbocycles. The van der Waals surface area contributed by atoms with E-state index in [1.807, 2.05) is 26.0 Å². The van der Waals surface area contributed by atoms with E-state index in [0.717, 1.165) is 11.3 Å². The van der Waals surface area contributed by atoms with Crippen LogP contribution in [0, 0.1) is 5.92 Å². The first-order valence-corrected chi connectivity index (χ1v) is 8.16. The Bertz CT molecular complexity index is 558. The SMILES string of the molecule is CCC(C)C(NC(=O)CCCc1ccc(OC)cc1OC)C(=O)O. The molecule has 2 unspecified atom stereocenters. The average Bonchev–Trinajstić information content (AvgIpc) is 2.58. The lowest BCUT2D eigenvalue weighted by atomic mass is 9.99. The number of methoxy groups -OCH3 is 2. The summed E-state index contributed by atoms with van der Waals surface area (Å²) < 4.78 is 10.5. The summed E-state index contributed by atoms with van der Waals surface area (Å²) in [5, 5.41) is 11.8. The van der Waals surface area contributed by atoms with Crippen LogP contribution in [0.3, 0.4) is 0 Å². The minimum Gasteiger partial charge on any atom is -0.497 e. The molecular weight excluding hydrogens is 310 g/mol. The summed E-state index contributed by atoms with van der Waals surface area (Å²) in [5.41, 5.74) is 0.989. The van der Waals surface area contributed by atoms with E-state index in [1.54, 1.807) is 20.3 Å². The number of rotatable bonds is 10. The molecule has 1 aromatic rings. The lowest BCUT2D eigenvalue weighted by Gasteiger charge is -2.20. The number of nitrogens with one attached hydrogen (secondary N) is 1. The molecule has 6 heteroatoms. The average molecular weight is 337 g/mol. The zero-order valence-electron chi connectivity index (χ0n) is 14.8. The molecule has 2 atom stereocenters. The predicted octanol–water partition coefficient (Wildman–Crippen LogP) is 2.64. The summed E-state index contributed by atoms with van der Waals surface area (Å²) in [6.45, 7) is 3.73. The molecule has 0 heterocycles. The first-order chi connectivity index (χ1) is 11.4. The summed E-state index contributed by atoms with van der Waals surface area (Å²) in [6, 6.07) is 4.73. The van der Waals surface area contributed by atoms with Gasteiger partial charge in [0, 0.05) is 12.5 Å². The Kier molecular flexibility index (Phi) is 8.09. The van der Waals surface area contributed by atoms with Gasteiger partial charge in [-0.15, -0.1) is 0 Å². The molecule has 0 aliphatic heterocycles. The van der Waals surface area contributed by atoms with Crippen LogP contribution in [0.4, 0.5) is 0 Å². The monoisotopic (exact) mass is 337 g/mol. The third kappa shape index (κ3) is 5.76. The quantitative estimate of drug-likeness (QED) is 0.685. The molecule has 1 aromatic carbocycles. The highest BCUT2D eigenvalue weighted by Crippen LogP contribution is 2.25. The van der Waals surface area contributed by atoms with E-state index in [1.165, 1.54) is 0 Å². The summed E-state index contributed by atoms with van der Waals surface area (Å²) in [7, 11) is 3.18. The Morgan fingerprint density at radius 2 is 1.96 bits per heavy atom. The van der Waals surface area contributed by atoms with Gasteiger partial charge in [0.15, 0.2) is 0 Å². The Morgan fingerprint density at radius 3 is 2.50 bits per heavy atom. The lowest BCUT2D eigenvalue weighted by molar-refractivity contribution is -0.143. The van der Waals surface area contributed by atoms with E-state index < -0.39 is 12.0 Å². The number of hydrogen-bond acceptors (Lipinski definition) is 4. The number of hydrogen-bond donors (Lipinski definition) is 2. The van der Waals surface area contributed by atoms with Crippen LogP contribution in [0.25, 0.3) is 0 Å². The minimum atomic E-state index is -0.991. The Balaban J connectivity index is 2.55. The number of amides is 1. The molecule has 6 nitrogen and oxygen atoms in total. The first kappa shape index (κ1) is 19.8. The van der Waals surface area contributed by atoms with Gasteiger partial charge in [0.05, 0.1) is 14.2 Å². The van der Waals surface area contributed by atoms with Crippen LogP contribution in [0.5, 0.6) is 11.5 Å². The number of benzene rings is 1. The number of aryl methyl sites for hydroxylation is 1. The molecule has 0 saturated heterocycles. The fourth-order valence-corrected chi connectivity index (χ4v) is 2.43. The number of ether oxygens (including phenoxy) is 2. The van der Waals surface area contributed by atoms with Crippen LogP contribution in [-0.4, -0.2) is 37.2 Å². The molecule has 0 saturated carbocycles. The van der Waals surface area contributed by atoms with Crippen molar-refractivity contribution in [1.82, 2.24) is 5.32 Å². The Labute approximate surface area is 143 Å². The predicted molar refractivity (Wildman–Crippen MR) is 91.5 cm³/mol. The van der Waals surface area contributed by atoms with Gasteiger partial charge in [0.2, 0.25) is 5.91 Å². The Hall–Kier alpha value is -2.24. The number of carbonyl (C=O) groups excluding carboxylic acids is 1. The fraction of sp³-hybridized carbons (Fsp3) is 0.556. The van der Waals surface area contributed by atoms with E-state index in [4.69, 9.17) is 9.47 Å². The maximum absolute atomic E-state index is 12.0. The van der Waals surface area contributed by atoms with Crippen molar-refractivity contribution in [2.24, 2.45) is 5.92 Å². The van der Waals surface area contributed by atoms with Gasteiger partial charge in [0.1, 0.15) is 17.5 Å². The second-order valence-electron chi connectivity index (χ2n) is 5.80. The molecule has 2 N–H and O–H groups in total. The summed E-state index contributed by atoms with van der Waals surface area (Å²) in [5.74, 6) is 0.0989. The molecule has 1 rings (SSSR count). The van der Waals surface area contributed by atoms with Crippen LogP contribution >= 0.6 is 0 Å². The van der Waals surface area contributed by atoms with Gasteiger partial charge in [-0.3, -0.25) is 4.79 Å². The van der Waals surface area contributed by atoms with Crippen LogP contribution in [0.2, 0.25) is 0 Å². The molecule has 0 aromatic heterocycles. The smallest absolute Gasteiger partial charge is 0.326 e. The summed E-state index contributed by atoms with van der Waals surface area (Å²) in [4.78, 5) is 23.2. The highest BCUT2D eigenvalue weighted by molar-refractivity contribution is 5.83. The van der Waals surface area contributed by atoms with Gasteiger partial charge in [0.25, 0.3) is 0 Å². The van der Waals surface area contributed by atoms with Gasteiger partial charge >= 0.3 is 5.97 Å². The third-order valence-corrected chi connectivity index (χ3v) is 4.14. The number of aliphatic carboxylic acids is 1. The van der Waals surface area contributed by atoms with E-state index in [-0.39, 0.29) is 18.2 Å². The molecule has 1 amide bonds. The van der Waals surface area contributed by atoms with E-state index >= 15 is 0 Å². The zero-order valence-corrected chi connectivity index (χ0v) is 14.8. The van der Waals surface area contributed by atoms with Crippen molar-refractivity contribution in [2.75, 3.05) is 14.2 Å². The number of carboxylic acid groups (broad SMARTS) is 1. The van der Waals surface area contributed by atoms with Crippen molar-refractivity contribution in [1.29, 1.82) is 0 Å². The standard InChI is InChI=1S/C18H27NO5/c1-5-12(2)17(18(21)22)19-16(20)8-6-7-13-9-10-14(23-3)11-15(13)24-4/h9-12,17H,5-8H2,1-4H3,(H,19,20)(H,21,22). The maximum Gasteiger partial charge on any atom is 0.326 e. The van der Waals surface area contributed by atoms with Crippen LogP contribution in [-0.2, 0) is 16.0 Å². The van der Waals surface area contributed by atoms with Crippen molar-refractivity contribution in [3.8, 4) is 11.5 Å². The highest BCUT2D eigenvalue weighted by atomic mass is 16.5. The third-order valence-electron chi connectivity index (χ3n) is 4.14. The largest absolute Gasteiger partial charge is 0.497 e. The van der Waals surface area contributed by atoms with Crippen molar-refractivity contribution >= 4 is 11.9 Å². The van der Waals surface area contributed by atoms with Crippen LogP contribution in [0.1, 0.15) is 38.7 Å². The van der Waals surface area contributed by atoms with Gasteiger partial charge in [-0.1, -0.05) is 26.3 Å². The van der Waals surface area contributed by atoms with Gasteiger partial charge in [-0.05, 0) is 30.4 Å². The molecule has 0 bridgehead atoms. The van der Waals surface area contributed by atoms with Crippen molar-refractivity contribution in [3.05, 3.63) is 23.8 Å². The van der Waals surface area contributed by atoms with Crippen molar-refractivity contribution in [2.45, 2.75) is 45.6 Å². The second kappa shape index (κ2) is 9.80. The summed E-state index contributed by atoms with van der Waals surface area (Å²) >= 11 is 0. The Morgan fingerprint density at radius 1 is 1.25 bits per heavy atom. The lowest BCUT2D eigenvalue weighted by Crippen LogP contribution is -2.44. The normalized spacial score (nSPS) is 13.0. The number of carbonyl (C=O) groups is 2. The zero-order chi connectivity index (χ0) is 18.1. The number of carboxylic acids is 1. The van der Waals surface area contributed by atoms with E-state index in [9.17, 15) is 14.7 Å². The highest BCUT2D eigenvalue weighted by Gasteiger charge is 2.24. The molecule has 0 fully saturated rings. The summed E-state index contributed by atoms with van der Waals surface area (Å²) in [6.07, 6.45) is 2.25. The second-order valence-corrected chi connectivity index (χ2v) is 5.80. The molecule has 0 aliphatic rings. The van der Waals surface area contributed by atoms with Gasteiger partial charge in [-0.25, -0.2) is 4.79 Å².